The second-order valence-corrected chi connectivity index (χ2v) is 5.98. The quantitative estimate of drug-likeness (QED) is 0.831. The van der Waals surface area contributed by atoms with Gasteiger partial charge in [0.25, 0.3) is 0 Å². The average Bonchev–Trinajstić information content (AvgIpc) is 2.86. The Bertz CT molecular complexity index is 391. The minimum atomic E-state index is 0.336. The Morgan fingerprint density at radius 2 is 2.30 bits per heavy atom. The minimum Gasteiger partial charge on any atom is -0.377 e. The van der Waals surface area contributed by atoms with Gasteiger partial charge in [0.1, 0.15) is 5.82 Å². The van der Waals surface area contributed by atoms with Crippen LogP contribution in [0.3, 0.4) is 0 Å². The van der Waals surface area contributed by atoms with E-state index in [1.54, 1.807) is 0 Å². The lowest BCUT2D eigenvalue weighted by atomic mass is 10.1. The summed E-state index contributed by atoms with van der Waals surface area (Å²) in [4.78, 5) is 6.88. The zero-order valence-electron chi connectivity index (χ0n) is 12.9. The summed E-state index contributed by atoms with van der Waals surface area (Å²) in [5.41, 5.74) is 1.20. The van der Waals surface area contributed by atoms with E-state index in [0.717, 1.165) is 31.4 Å². The molecule has 1 fully saturated rings. The largest absolute Gasteiger partial charge is 0.377 e. The van der Waals surface area contributed by atoms with Crippen LogP contribution in [0.5, 0.6) is 0 Å². The molecule has 4 nitrogen and oxygen atoms in total. The normalized spacial score (nSPS) is 19.7. The number of nitrogens with one attached hydrogen (secondary N) is 1. The van der Waals surface area contributed by atoms with Gasteiger partial charge in [-0.1, -0.05) is 6.07 Å². The zero-order chi connectivity index (χ0) is 14.4. The number of aromatic nitrogens is 1. The molecule has 0 spiro atoms. The van der Waals surface area contributed by atoms with E-state index < -0.39 is 0 Å². The summed E-state index contributed by atoms with van der Waals surface area (Å²) >= 11 is 0. The van der Waals surface area contributed by atoms with Crippen molar-refractivity contribution in [3.8, 4) is 0 Å². The van der Waals surface area contributed by atoms with Crippen LogP contribution >= 0.6 is 0 Å². The van der Waals surface area contributed by atoms with Gasteiger partial charge in [-0.2, -0.15) is 0 Å². The summed E-state index contributed by atoms with van der Waals surface area (Å²) in [5.74, 6) is 1.70. The smallest absolute Gasteiger partial charge is 0.125 e. The lowest BCUT2D eigenvalue weighted by Gasteiger charge is -2.17. The van der Waals surface area contributed by atoms with Crippen molar-refractivity contribution in [2.45, 2.75) is 33.3 Å². The molecule has 0 radical (unpaired) electrons. The second kappa shape index (κ2) is 7.60. The lowest BCUT2D eigenvalue weighted by molar-refractivity contribution is 0.0630. The van der Waals surface area contributed by atoms with Crippen LogP contribution < -0.4 is 5.32 Å². The summed E-state index contributed by atoms with van der Waals surface area (Å²) in [6, 6.07) is 4.15. The first-order valence-corrected chi connectivity index (χ1v) is 7.64. The van der Waals surface area contributed by atoms with Gasteiger partial charge in [-0.3, -0.25) is 0 Å². The molecule has 1 atom stereocenters. The van der Waals surface area contributed by atoms with Gasteiger partial charge in [0.2, 0.25) is 0 Å². The number of aryl methyl sites for hydroxylation is 1. The molecule has 0 aliphatic carbocycles. The van der Waals surface area contributed by atoms with Gasteiger partial charge in [-0.15, -0.1) is 0 Å². The highest BCUT2D eigenvalue weighted by atomic mass is 16.5. The Hall–Kier alpha value is -1.13. The van der Waals surface area contributed by atoms with Crippen LogP contribution in [0.25, 0.3) is 0 Å². The van der Waals surface area contributed by atoms with Crippen molar-refractivity contribution in [2.24, 2.45) is 5.92 Å². The van der Waals surface area contributed by atoms with E-state index in [1.807, 2.05) is 6.20 Å². The minimum absolute atomic E-state index is 0.336. The fourth-order valence-electron chi connectivity index (χ4n) is 2.52. The molecule has 1 saturated heterocycles. The van der Waals surface area contributed by atoms with Gasteiger partial charge < -0.3 is 15.0 Å². The number of rotatable bonds is 7. The summed E-state index contributed by atoms with van der Waals surface area (Å²) < 4.78 is 5.61. The number of anilines is 1. The summed E-state index contributed by atoms with van der Waals surface area (Å²) in [6.07, 6.45) is 3.51. The number of ether oxygens (including phenoxy) is 1. The molecule has 4 heteroatoms. The maximum atomic E-state index is 5.61. The maximum absolute atomic E-state index is 5.61. The lowest BCUT2D eigenvalue weighted by Crippen LogP contribution is -2.27. The van der Waals surface area contributed by atoms with E-state index >= 15 is 0 Å². The summed E-state index contributed by atoms with van der Waals surface area (Å²) in [6.45, 7) is 11.5. The van der Waals surface area contributed by atoms with Crippen molar-refractivity contribution in [2.75, 3.05) is 38.1 Å². The van der Waals surface area contributed by atoms with Gasteiger partial charge in [0, 0.05) is 25.8 Å². The molecule has 0 amide bonds. The van der Waals surface area contributed by atoms with Crippen LogP contribution in [0, 0.1) is 12.8 Å². The molecule has 2 heterocycles. The molecule has 112 valence electrons. The number of hydrogen-bond acceptors (Lipinski definition) is 4. The predicted octanol–water partition coefficient (Wildman–Crippen LogP) is 2.55. The molecule has 1 aliphatic rings. The highest BCUT2D eigenvalue weighted by Gasteiger charge is 2.21. The van der Waals surface area contributed by atoms with Crippen molar-refractivity contribution in [3.63, 3.8) is 0 Å². The Labute approximate surface area is 122 Å². The van der Waals surface area contributed by atoms with Crippen LogP contribution in [0.15, 0.2) is 18.3 Å². The highest BCUT2D eigenvalue weighted by molar-refractivity contribution is 5.35. The van der Waals surface area contributed by atoms with Crippen molar-refractivity contribution in [3.05, 3.63) is 23.9 Å². The molecule has 20 heavy (non-hydrogen) atoms. The first-order valence-electron chi connectivity index (χ1n) is 7.64. The molecule has 0 bridgehead atoms. The third kappa shape index (κ3) is 5.10. The standard InChI is InChI=1S/C16H27N3O/c1-13(2)20-9-8-19-7-6-15(12-19)11-18-16-5-4-14(3)10-17-16/h4-5,10,13,15H,6-9,11-12H2,1-3H3,(H,17,18)/t15-/m0/s1. The Morgan fingerprint density at radius 1 is 1.45 bits per heavy atom. The first-order chi connectivity index (χ1) is 9.63. The third-order valence-electron chi connectivity index (χ3n) is 3.71. The van der Waals surface area contributed by atoms with E-state index in [2.05, 4.69) is 48.1 Å². The Balaban J connectivity index is 1.64. The Morgan fingerprint density at radius 3 is 3.00 bits per heavy atom. The zero-order valence-corrected chi connectivity index (χ0v) is 12.9. The molecule has 1 aliphatic heterocycles. The van der Waals surface area contributed by atoms with Gasteiger partial charge in [-0.05, 0) is 51.3 Å². The number of hydrogen-bond donors (Lipinski definition) is 1. The van der Waals surface area contributed by atoms with Crippen LogP contribution in [0.1, 0.15) is 25.8 Å². The second-order valence-electron chi connectivity index (χ2n) is 5.98. The van der Waals surface area contributed by atoms with Crippen LogP contribution in [-0.4, -0.2) is 48.8 Å². The fraction of sp³-hybridized carbons (Fsp3) is 0.688. The average molecular weight is 277 g/mol. The topological polar surface area (TPSA) is 37.4 Å². The van der Waals surface area contributed by atoms with Gasteiger partial charge in [-0.25, -0.2) is 4.98 Å². The Kier molecular flexibility index (Phi) is 5.80. The molecule has 1 aromatic rings. The van der Waals surface area contributed by atoms with E-state index in [9.17, 15) is 0 Å². The number of pyridine rings is 1. The molecule has 0 unspecified atom stereocenters. The number of likely N-dealkylation sites (tertiary alicyclic amines) is 1. The van der Waals surface area contributed by atoms with E-state index in [-0.39, 0.29) is 0 Å². The monoisotopic (exact) mass is 277 g/mol. The molecule has 2 rings (SSSR count). The van der Waals surface area contributed by atoms with Gasteiger partial charge in [0.15, 0.2) is 0 Å². The summed E-state index contributed by atoms with van der Waals surface area (Å²) in [5, 5.41) is 3.44. The van der Waals surface area contributed by atoms with E-state index in [4.69, 9.17) is 4.74 Å². The van der Waals surface area contributed by atoms with E-state index in [0.29, 0.717) is 6.10 Å². The molecule has 1 N–H and O–H groups in total. The van der Waals surface area contributed by atoms with E-state index in [1.165, 1.54) is 25.1 Å². The van der Waals surface area contributed by atoms with Crippen molar-refractivity contribution in [1.29, 1.82) is 0 Å². The first kappa shape index (κ1) is 15.3. The van der Waals surface area contributed by atoms with Crippen molar-refractivity contribution < 1.29 is 4.74 Å². The highest BCUT2D eigenvalue weighted by Crippen LogP contribution is 2.16. The van der Waals surface area contributed by atoms with Crippen LogP contribution in [0.4, 0.5) is 5.82 Å². The van der Waals surface area contributed by atoms with Crippen LogP contribution in [-0.2, 0) is 4.74 Å². The maximum Gasteiger partial charge on any atom is 0.125 e. The van der Waals surface area contributed by atoms with Gasteiger partial charge in [0.05, 0.1) is 12.7 Å². The fourth-order valence-corrected chi connectivity index (χ4v) is 2.52. The predicted molar refractivity (Wildman–Crippen MR) is 83.1 cm³/mol. The SMILES string of the molecule is Cc1ccc(NC[C@@H]2CCN(CCOC(C)C)C2)nc1. The third-order valence-corrected chi connectivity index (χ3v) is 3.71. The van der Waals surface area contributed by atoms with Gasteiger partial charge >= 0.3 is 0 Å². The van der Waals surface area contributed by atoms with Crippen LogP contribution in [0.2, 0.25) is 0 Å². The summed E-state index contributed by atoms with van der Waals surface area (Å²) in [7, 11) is 0. The molecular formula is C16H27N3O. The van der Waals surface area contributed by atoms with Crippen molar-refractivity contribution in [1.82, 2.24) is 9.88 Å². The molecule has 1 aromatic heterocycles. The number of nitrogens with zero attached hydrogens (tertiary/aromatic N) is 2. The molecule has 0 aromatic carbocycles. The molecule has 0 saturated carbocycles. The molecular weight excluding hydrogens is 250 g/mol. The van der Waals surface area contributed by atoms with Crippen molar-refractivity contribution >= 4 is 5.82 Å².